The van der Waals surface area contributed by atoms with Gasteiger partial charge in [0.2, 0.25) is 0 Å². The molecular weight excluding hydrogens is 222 g/mol. The van der Waals surface area contributed by atoms with Gasteiger partial charge in [-0.2, -0.15) is 13.1 Å². The second-order valence-electron chi connectivity index (χ2n) is 3.24. The van der Waals surface area contributed by atoms with E-state index in [-0.39, 0.29) is 6.04 Å². The Kier molecular flexibility index (Phi) is 6.17. The van der Waals surface area contributed by atoms with Crippen LogP contribution in [0.2, 0.25) is 0 Å². The molecule has 84 valence electrons. The van der Waals surface area contributed by atoms with Crippen molar-refractivity contribution in [1.82, 2.24) is 9.44 Å². The van der Waals surface area contributed by atoms with Crippen molar-refractivity contribution >= 4 is 27.4 Å². The van der Waals surface area contributed by atoms with E-state index in [1.807, 2.05) is 0 Å². The molecule has 14 heavy (non-hydrogen) atoms. The highest BCUT2D eigenvalue weighted by molar-refractivity contribution is 7.87. The minimum atomic E-state index is -3.36. The highest BCUT2D eigenvalue weighted by atomic mass is 32.2. The molecule has 0 bridgehead atoms. The predicted octanol–water partition coefficient (Wildman–Crippen LogP) is -0.115. The normalized spacial score (nSPS) is 11.9. The minimum Gasteiger partial charge on any atom is -0.393 e. The van der Waals surface area contributed by atoms with Gasteiger partial charge >= 0.3 is 0 Å². The first kappa shape index (κ1) is 13.8. The lowest BCUT2D eigenvalue weighted by Crippen LogP contribution is -2.40. The Morgan fingerprint density at radius 2 is 2.07 bits per heavy atom. The van der Waals surface area contributed by atoms with Crippen LogP contribution in [0.4, 0.5) is 0 Å². The largest absolute Gasteiger partial charge is 0.393 e. The molecule has 0 amide bonds. The van der Waals surface area contributed by atoms with Crippen LogP contribution in [0.15, 0.2) is 0 Å². The van der Waals surface area contributed by atoms with Crippen molar-refractivity contribution < 1.29 is 8.42 Å². The second-order valence-corrected chi connectivity index (χ2v) is 5.30. The molecule has 7 heteroatoms. The van der Waals surface area contributed by atoms with Gasteiger partial charge in [-0.15, -0.1) is 0 Å². The quantitative estimate of drug-likeness (QED) is 0.427. The van der Waals surface area contributed by atoms with E-state index in [0.29, 0.717) is 24.4 Å². The molecule has 0 aliphatic carbocycles. The lowest BCUT2D eigenvalue weighted by Gasteiger charge is -2.10. The number of thiocarbonyl (C=S) groups is 1. The molecule has 0 saturated heterocycles. The van der Waals surface area contributed by atoms with E-state index in [1.54, 1.807) is 13.8 Å². The summed E-state index contributed by atoms with van der Waals surface area (Å²) in [5, 5.41) is 0. The smallest absolute Gasteiger partial charge is 0.277 e. The molecule has 0 atom stereocenters. The third-order valence-corrected chi connectivity index (χ3v) is 2.85. The van der Waals surface area contributed by atoms with Crippen molar-refractivity contribution in [3.63, 3.8) is 0 Å². The van der Waals surface area contributed by atoms with Crippen molar-refractivity contribution in [2.24, 2.45) is 5.73 Å². The van der Waals surface area contributed by atoms with Crippen LogP contribution in [0, 0.1) is 0 Å². The summed E-state index contributed by atoms with van der Waals surface area (Å²) < 4.78 is 27.2. The monoisotopic (exact) mass is 239 g/mol. The summed E-state index contributed by atoms with van der Waals surface area (Å²) in [5.74, 6) is 0. The summed E-state index contributed by atoms with van der Waals surface area (Å²) in [7, 11) is -3.36. The van der Waals surface area contributed by atoms with Gasteiger partial charge in [0.1, 0.15) is 0 Å². The van der Waals surface area contributed by atoms with Gasteiger partial charge in [-0.05, 0) is 26.7 Å². The fourth-order valence-corrected chi connectivity index (χ4v) is 2.08. The van der Waals surface area contributed by atoms with E-state index in [4.69, 9.17) is 5.73 Å². The molecule has 0 unspecified atom stereocenters. The second kappa shape index (κ2) is 6.28. The Bertz CT molecular complexity index is 275. The molecule has 0 rings (SSSR count). The highest BCUT2D eigenvalue weighted by Crippen LogP contribution is 1.89. The predicted molar refractivity (Wildman–Crippen MR) is 61.2 cm³/mol. The fraction of sp³-hybridized carbons (Fsp3) is 0.857. The van der Waals surface area contributed by atoms with E-state index >= 15 is 0 Å². The maximum atomic E-state index is 11.2. The topological polar surface area (TPSA) is 84.2 Å². The van der Waals surface area contributed by atoms with E-state index in [2.05, 4.69) is 21.7 Å². The zero-order valence-electron chi connectivity index (χ0n) is 8.41. The van der Waals surface area contributed by atoms with Gasteiger partial charge in [-0.25, -0.2) is 4.72 Å². The minimum absolute atomic E-state index is 0.108. The van der Waals surface area contributed by atoms with Gasteiger partial charge in [-0.3, -0.25) is 0 Å². The summed E-state index contributed by atoms with van der Waals surface area (Å²) in [6.45, 7) is 3.86. The lowest BCUT2D eigenvalue weighted by molar-refractivity contribution is 0.553. The molecule has 0 aliphatic heterocycles. The van der Waals surface area contributed by atoms with Gasteiger partial charge in [0, 0.05) is 12.6 Å². The third kappa shape index (κ3) is 8.36. The number of hydrogen-bond donors (Lipinski definition) is 3. The molecule has 0 heterocycles. The van der Waals surface area contributed by atoms with E-state index in [9.17, 15) is 8.42 Å². The average Bonchev–Trinajstić information content (AvgIpc) is 1.95. The Morgan fingerprint density at radius 1 is 1.50 bits per heavy atom. The van der Waals surface area contributed by atoms with E-state index in [0.717, 1.165) is 0 Å². The zero-order valence-corrected chi connectivity index (χ0v) is 10.0. The first-order valence-electron chi connectivity index (χ1n) is 4.38. The van der Waals surface area contributed by atoms with Crippen LogP contribution >= 0.6 is 12.2 Å². The molecule has 0 spiro atoms. The Hall–Kier alpha value is -0.240. The van der Waals surface area contributed by atoms with Crippen LogP contribution in [0.25, 0.3) is 0 Å². The molecule has 4 N–H and O–H groups in total. The molecule has 0 saturated carbocycles. The van der Waals surface area contributed by atoms with Crippen LogP contribution < -0.4 is 15.2 Å². The summed E-state index contributed by atoms with van der Waals surface area (Å²) in [4.78, 5) is 0.404. The van der Waals surface area contributed by atoms with Crippen molar-refractivity contribution in [3.05, 3.63) is 0 Å². The number of nitrogens with two attached hydrogens (primary N) is 1. The van der Waals surface area contributed by atoms with Gasteiger partial charge in [0.25, 0.3) is 10.2 Å². The lowest BCUT2D eigenvalue weighted by atomic mass is 10.3. The molecule has 0 aromatic rings. The summed E-state index contributed by atoms with van der Waals surface area (Å²) >= 11 is 4.66. The Labute approximate surface area is 90.6 Å². The molecular formula is C7H17N3O2S2. The summed E-state index contributed by atoms with van der Waals surface area (Å²) in [6, 6.07) is -0.108. The Morgan fingerprint density at radius 3 is 2.50 bits per heavy atom. The number of rotatable bonds is 7. The van der Waals surface area contributed by atoms with Crippen molar-refractivity contribution in [3.8, 4) is 0 Å². The number of nitrogens with one attached hydrogen (secondary N) is 2. The fourth-order valence-electron chi connectivity index (χ4n) is 0.821. The molecule has 5 nitrogen and oxygen atoms in total. The number of hydrogen-bond acceptors (Lipinski definition) is 3. The molecule has 0 fully saturated rings. The molecule has 0 aromatic carbocycles. The first-order chi connectivity index (χ1) is 6.33. The summed E-state index contributed by atoms with van der Waals surface area (Å²) in [6.07, 6.45) is 1.17. The zero-order chi connectivity index (χ0) is 11.2. The van der Waals surface area contributed by atoms with E-state index < -0.39 is 10.2 Å². The maximum Gasteiger partial charge on any atom is 0.277 e. The van der Waals surface area contributed by atoms with Gasteiger partial charge in [0.05, 0.1) is 4.99 Å². The SMILES string of the molecule is CC(C)NS(=O)(=O)NCCCC(N)=S. The Balaban J connectivity index is 3.72. The van der Waals surface area contributed by atoms with Crippen molar-refractivity contribution in [2.75, 3.05) is 6.54 Å². The first-order valence-corrected chi connectivity index (χ1v) is 6.28. The van der Waals surface area contributed by atoms with Crippen LogP contribution in [0.5, 0.6) is 0 Å². The van der Waals surface area contributed by atoms with Crippen molar-refractivity contribution in [1.29, 1.82) is 0 Å². The van der Waals surface area contributed by atoms with Gasteiger partial charge in [0.15, 0.2) is 0 Å². The molecule has 0 radical (unpaired) electrons. The van der Waals surface area contributed by atoms with Gasteiger partial charge < -0.3 is 5.73 Å². The van der Waals surface area contributed by atoms with Gasteiger partial charge in [-0.1, -0.05) is 12.2 Å². The standard InChI is InChI=1S/C7H17N3O2S2/c1-6(2)10-14(11,12)9-5-3-4-7(8)13/h6,9-10H,3-5H2,1-2H3,(H2,8,13). The maximum absolute atomic E-state index is 11.2. The van der Waals surface area contributed by atoms with Crippen LogP contribution in [-0.4, -0.2) is 26.0 Å². The average molecular weight is 239 g/mol. The van der Waals surface area contributed by atoms with Crippen LogP contribution in [0.1, 0.15) is 26.7 Å². The van der Waals surface area contributed by atoms with E-state index in [1.165, 1.54) is 0 Å². The van der Waals surface area contributed by atoms with Crippen molar-refractivity contribution in [2.45, 2.75) is 32.7 Å². The van der Waals surface area contributed by atoms with Crippen LogP contribution in [0.3, 0.4) is 0 Å². The molecule has 0 aliphatic rings. The summed E-state index contributed by atoms with van der Waals surface area (Å²) in [5.41, 5.74) is 5.26. The third-order valence-electron chi connectivity index (χ3n) is 1.28. The highest BCUT2D eigenvalue weighted by Gasteiger charge is 2.09. The van der Waals surface area contributed by atoms with Crippen LogP contribution in [-0.2, 0) is 10.2 Å². The molecule has 0 aromatic heterocycles.